The van der Waals surface area contributed by atoms with Crippen LogP contribution in [0.2, 0.25) is 0 Å². The maximum atomic E-state index is 13.0. The first-order valence-electron chi connectivity index (χ1n) is 8.90. The van der Waals surface area contributed by atoms with Crippen molar-refractivity contribution in [3.05, 3.63) is 0 Å². The summed E-state index contributed by atoms with van der Waals surface area (Å²) in [7, 11) is 0. The lowest BCUT2D eigenvalue weighted by molar-refractivity contribution is -0.158. The summed E-state index contributed by atoms with van der Waals surface area (Å²) in [5.74, 6) is 0.173. The zero-order chi connectivity index (χ0) is 18.1. The quantitative estimate of drug-likeness (QED) is 0.736. The van der Waals surface area contributed by atoms with E-state index in [0.717, 1.165) is 0 Å². The number of amides is 2. The smallest absolute Gasteiger partial charge is 0.410 e. The van der Waals surface area contributed by atoms with Gasteiger partial charge < -0.3 is 19.3 Å². The van der Waals surface area contributed by atoms with Crippen molar-refractivity contribution in [3.8, 4) is 0 Å². The van der Waals surface area contributed by atoms with E-state index in [-0.39, 0.29) is 29.6 Å². The number of hydrogen-bond donors (Lipinski definition) is 0. The molecule has 138 valence electrons. The molecule has 24 heavy (non-hydrogen) atoms. The molecule has 0 aromatic heterocycles. The second kappa shape index (κ2) is 6.90. The molecule has 0 N–H and O–H groups in total. The van der Waals surface area contributed by atoms with Gasteiger partial charge in [0.25, 0.3) is 0 Å². The molecule has 2 fully saturated rings. The number of piperidine rings is 1. The number of hydrogen-bond acceptors (Lipinski definition) is 4. The number of carbonyl (C=O) groups is 2. The lowest BCUT2D eigenvalue weighted by Gasteiger charge is -2.46. The van der Waals surface area contributed by atoms with Crippen LogP contribution in [0.3, 0.4) is 0 Å². The maximum absolute atomic E-state index is 13.0. The van der Waals surface area contributed by atoms with E-state index in [4.69, 9.17) is 9.47 Å². The van der Waals surface area contributed by atoms with Gasteiger partial charge in [-0.2, -0.15) is 0 Å². The lowest BCUT2D eigenvalue weighted by atomic mass is 9.91. The van der Waals surface area contributed by atoms with Crippen molar-refractivity contribution >= 4 is 12.0 Å². The van der Waals surface area contributed by atoms with Crippen LogP contribution < -0.4 is 0 Å². The highest BCUT2D eigenvalue weighted by molar-refractivity contribution is 5.80. The van der Waals surface area contributed by atoms with Crippen molar-refractivity contribution in [2.75, 3.05) is 26.2 Å². The molecule has 0 aromatic carbocycles. The summed E-state index contributed by atoms with van der Waals surface area (Å²) in [4.78, 5) is 28.8. The Balaban J connectivity index is 1.92. The number of morpholine rings is 1. The summed E-state index contributed by atoms with van der Waals surface area (Å²) in [5.41, 5.74) is -0.760. The SMILES string of the molecule is CC1CN(C(=O)C2CCN(C(=O)OC(C)(C)C)CC2)C(C)(C)CO1. The molecular weight excluding hydrogens is 308 g/mol. The third-order valence-corrected chi connectivity index (χ3v) is 4.65. The molecule has 2 aliphatic rings. The molecule has 1 atom stereocenters. The molecule has 0 saturated carbocycles. The van der Waals surface area contributed by atoms with Gasteiger partial charge in [0.05, 0.1) is 18.2 Å². The fraction of sp³-hybridized carbons (Fsp3) is 0.889. The molecular formula is C18H32N2O4. The molecule has 6 nitrogen and oxygen atoms in total. The van der Waals surface area contributed by atoms with Gasteiger partial charge in [-0.3, -0.25) is 4.79 Å². The molecule has 2 amide bonds. The van der Waals surface area contributed by atoms with Crippen LogP contribution >= 0.6 is 0 Å². The number of nitrogens with zero attached hydrogens (tertiary/aromatic N) is 2. The summed E-state index contributed by atoms with van der Waals surface area (Å²) in [6.45, 7) is 14.0. The fourth-order valence-corrected chi connectivity index (χ4v) is 3.23. The Morgan fingerprint density at radius 1 is 1.17 bits per heavy atom. The Bertz CT molecular complexity index is 476. The van der Waals surface area contributed by atoms with Crippen LogP contribution in [-0.4, -0.2) is 65.3 Å². The van der Waals surface area contributed by atoms with Crippen LogP contribution in [0.1, 0.15) is 54.4 Å². The molecule has 6 heteroatoms. The van der Waals surface area contributed by atoms with Crippen LogP contribution in [0.4, 0.5) is 4.79 Å². The van der Waals surface area contributed by atoms with Crippen LogP contribution in [0, 0.1) is 5.92 Å². The van der Waals surface area contributed by atoms with Gasteiger partial charge in [-0.25, -0.2) is 4.79 Å². The Morgan fingerprint density at radius 3 is 2.29 bits per heavy atom. The molecule has 0 aliphatic carbocycles. The Labute approximate surface area is 145 Å². The van der Waals surface area contributed by atoms with Gasteiger partial charge in [0.15, 0.2) is 0 Å². The minimum atomic E-state index is -0.488. The predicted molar refractivity (Wildman–Crippen MR) is 91.7 cm³/mol. The number of likely N-dealkylation sites (tertiary alicyclic amines) is 1. The summed E-state index contributed by atoms with van der Waals surface area (Å²) >= 11 is 0. The predicted octanol–water partition coefficient (Wildman–Crippen LogP) is 2.66. The van der Waals surface area contributed by atoms with Gasteiger partial charge in [0.2, 0.25) is 5.91 Å². The average Bonchev–Trinajstić information content (AvgIpc) is 2.47. The van der Waals surface area contributed by atoms with Crippen molar-refractivity contribution in [3.63, 3.8) is 0 Å². The van der Waals surface area contributed by atoms with E-state index < -0.39 is 5.60 Å². The van der Waals surface area contributed by atoms with Crippen LogP contribution in [0.5, 0.6) is 0 Å². The Morgan fingerprint density at radius 2 is 1.75 bits per heavy atom. The first-order chi connectivity index (χ1) is 11.0. The minimum absolute atomic E-state index is 0.0201. The molecule has 0 aromatic rings. The van der Waals surface area contributed by atoms with E-state index in [1.165, 1.54) is 0 Å². The first-order valence-corrected chi connectivity index (χ1v) is 8.90. The van der Waals surface area contributed by atoms with E-state index in [2.05, 4.69) is 0 Å². The topological polar surface area (TPSA) is 59.1 Å². The van der Waals surface area contributed by atoms with Gasteiger partial charge >= 0.3 is 6.09 Å². The molecule has 2 aliphatic heterocycles. The number of rotatable bonds is 1. The molecule has 2 heterocycles. The lowest BCUT2D eigenvalue weighted by Crippen LogP contribution is -2.59. The van der Waals surface area contributed by atoms with Gasteiger partial charge in [-0.15, -0.1) is 0 Å². The zero-order valence-electron chi connectivity index (χ0n) is 15.9. The largest absolute Gasteiger partial charge is 0.444 e. The third-order valence-electron chi connectivity index (χ3n) is 4.65. The molecule has 0 radical (unpaired) electrons. The van der Waals surface area contributed by atoms with Gasteiger partial charge in [-0.05, 0) is 54.4 Å². The normalized spacial score (nSPS) is 25.5. The van der Waals surface area contributed by atoms with E-state index >= 15 is 0 Å². The van der Waals surface area contributed by atoms with Crippen LogP contribution in [-0.2, 0) is 14.3 Å². The molecule has 0 bridgehead atoms. The van der Waals surface area contributed by atoms with E-state index in [9.17, 15) is 9.59 Å². The molecule has 1 unspecified atom stereocenters. The van der Waals surface area contributed by atoms with Gasteiger partial charge in [0.1, 0.15) is 5.60 Å². The van der Waals surface area contributed by atoms with Gasteiger partial charge in [-0.1, -0.05) is 0 Å². The van der Waals surface area contributed by atoms with E-state index in [1.54, 1.807) is 4.90 Å². The summed E-state index contributed by atoms with van der Waals surface area (Å²) in [6, 6.07) is 0. The second-order valence-electron chi connectivity index (χ2n) is 8.62. The highest BCUT2D eigenvalue weighted by atomic mass is 16.6. The van der Waals surface area contributed by atoms with Crippen molar-refractivity contribution < 1.29 is 19.1 Å². The molecule has 2 rings (SSSR count). The minimum Gasteiger partial charge on any atom is -0.444 e. The average molecular weight is 340 g/mol. The Hall–Kier alpha value is -1.30. The molecule has 2 saturated heterocycles. The number of ether oxygens (including phenoxy) is 2. The van der Waals surface area contributed by atoms with Crippen molar-refractivity contribution in [2.45, 2.75) is 71.6 Å². The fourth-order valence-electron chi connectivity index (χ4n) is 3.23. The van der Waals surface area contributed by atoms with E-state index in [1.807, 2.05) is 46.4 Å². The highest BCUT2D eigenvalue weighted by Crippen LogP contribution is 2.28. The summed E-state index contributed by atoms with van der Waals surface area (Å²) in [5, 5.41) is 0. The van der Waals surface area contributed by atoms with Crippen LogP contribution in [0.15, 0.2) is 0 Å². The summed E-state index contributed by atoms with van der Waals surface area (Å²) < 4.78 is 11.1. The van der Waals surface area contributed by atoms with Crippen molar-refractivity contribution in [1.29, 1.82) is 0 Å². The summed E-state index contributed by atoms with van der Waals surface area (Å²) in [6.07, 6.45) is 1.18. The zero-order valence-corrected chi connectivity index (χ0v) is 15.9. The number of carbonyl (C=O) groups excluding carboxylic acids is 2. The van der Waals surface area contributed by atoms with E-state index in [0.29, 0.717) is 39.1 Å². The third kappa shape index (κ3) is 4.62. The van der Waals surface area contributed by atoms with Crippen molar-refractivity contribution in [2.24, 2.45) is 5.92 Å². The highest BCUT2D eigenvalue weighted by Gasteiger charge is 2.40. The Kier molecular flexibility index (Phi) is 5.47. The maximum Gasteiger partial charge on any atom is 0.410 e. The van der Waals surface area contributed by atoms with Crippen LogP contribution in [0.25, 0.3) is 0 Å². The standard InChI is InChI=1S/C18H32N2O4/c1-13-11-20(18(5,6)12-23-13)15(21)14-7-9-19(10-8-14)16(22)24-17(2,3)4/h13-14H,7-12H2,1-6H3. The first kappa shape index (κ1) is 19.0. The van der Waals surface area contributed by atoms with Crippen molar-refractivity contribution in [1.82, 2.24) is 9.80 Å². The second-order valence-corrected chi connectivity index (χ2v) is 8.62. The molecule has 0 spiro atoms. The van der Waals surface area contributed by atoms with Gasteiger partial charge in [0, 0.05) is 25.6 Å². The monoisotopic (exact) mass is 340 g/mol.